The average molecular weight is 279 g/mol. The third kappa shape index (κ3) is 1.80. The number of aromatic amines is 1. The Morgan fingerprint density at radius 2 is 1.90 bits per heavy atom. The molecule has 4 nitrogen and oxygen atoms in total. The number of para-hydroxylation sites is 1. The fraction of sp³-hybridized carbons (Fsp3) is 0.118. The second kappa shape index (κ2) is 4.38. The molecule has 2 aromatic carbocycles. The van der Waals surface area contributed by atoms with Crippen molar-refractivity contribution in [2.45, 2.75) is 6.92 Å². The summed E-state index contributed by atoms with van der Waals surface area (Å²) in [6.45, 7) is 2.12. The van der Waals surface area contributed by atoms with Crippen molar-refractivity contribution in [3.05, 3.63) is 59.3 Å². The number of aromatic nitrogens is 1. The van der Waals surface area contributed by atoms with Crippen LogP contribution in [0.4, 0.5) is 0 Å². The molecule has 0 fully saturated rings. The zero-order valence-electron chi connectivity index (χ0n) is 11.5. The number of ether oxygens (including phenoxy) is 2. The van der Waals surface area contributed by atoms with E-state index in [0.717, 1.165) is 16.6 Å². The maximum Gasteiger partial charge on any atom is 0.231 e. The van der Waals surface area contributed by atoms with E-state index < -0.39 is 0 Å². The normalized spacial score (nSPS) is 12.8. The zero-order chi connectivity index (χ0) is 14.4. The van der Waals surface area contributed by atoms with Gasteiger partial charge in [-0.3, -0.25) is 4.79 Å². The molecule has 0 unspecified atom stereocenters. The standard InChI is InChI=1S/C17H13NO3/c1-10-16(12-4-2-3-5-13(12)18-10)17(19)11-6-7-14-15(8-11)21-9-20-14/h2-8,18H,9H2,1H3. The highest BCUT2D eigenvalue weighted by atomic mass is 16.7. The molecule has 21 heavy (non-hydrogen) atoms. The van der Waals surface area contributed by atoms with Crippen molar-refractivity contribution in [1.29, 1.82) is 0 Å². The van der Waals surface area contributed by atoms with Crippen molar-refractivity contribution < 1.29 is 14.3 Å². The van der Waals surface area contributed by atoms with Crippen LogP contribution in [0.15, 0.2) is 42.5 Å². The van der Waals surface area contributed by atoms with E-state index in [1.54, 1.807) is 18.2 Å². The molecule has 104 valence electrons. The van der Waals surface area contributed by atoms with Crippen LogP contribution in [-0.2, 0) is 0 Å². The lowest BCUT2D eigenvalue weighted by Crippen LogP contribution is -2.02. The van der Waals surface area contributed by atoms with Crippen LogP contribution >= 0.6 is 0 Å². The highest BCUT2D eigenvalue weighted by molar-refractivity contribution is 6.17. The van der Waals surface area contributed by atoms with E-state index >= 15 is 0 Å². The number of hydrogen-bond acceptors (Lipinski definition) is 3. The van der Waals surface area contributed by atoms with E-state index in [4.69, 9.17) is 9.47 Å². The summed E-state index contributed by atoms with van der Waals surface area (Å²) in [7, 11) is 0. The Labute approximate surface area is 121 Å². The van der Waals surface area contributed by atoms with Crippen LogP contribution in [-0.4, -0.2) is 17.6 Å². The molecule has 1 N–H and O–H groups in total. The molecule has 1 aliphatic rings. The Bertz CT molecular complexity index is 864. The Morgan fingerprint density at radius 1 is 1.10 bits per heavy atom. The van der Waals surface area contributed by atoms with E-state index in [9.17, 15) is 4.79 Å². The number of rotatable bonds is 2. The third-order valence-corrected chi connectivity index (χ3v) is 3.76. The minimum atomic E-state index is -0.0109. The molecule has 1 aliphatic heterocycles. The van der Waals surface area contributed by atoms with Crippen molar-refractivity contribution in [2.75, 3.05) is 6.79 Å². The summed E-state index contributed by atoms with van der Waals surface area (Å²) in [6.07, 6.45) is 0. The van der Waals surface area contributed by atoms with Gasteiger partial charge in [-0.15, -0.1) is 0 Å². The predicted octanol–water partition coefficient (Wildman–Crippen LogP) is 3.44. The van der Waals surface area contributed by atoms with Gasteiger partial charge in [0.05, 0.1) is 5.56 Å². The summed E-state index contributed by atoms with van der Waals surface area (Å²) in [4.78, 5) is 16.1. The summed E-state index contributed by atoms with van der Waals surface area (Å²) in [5, 5.41) is 0.942. The molecule has 4 rings (SSSR count). The third-order valence-electron chi connectivity index (χ3n) is 3.76. The first-order chi connectivity index (χ1) is 10.2. The summed E-state index contributed by atoms with van der Waals surface area (Å²) in [6, 6.07) is 13.1. The van der Waals surface area contributed by atoms with Crippen molar-refractivity contribution in [1.82, 2.24) is 4.98 Å². The monoisotopic (exact) mass is 279 g/mol. The van der Waals surface area contributed by atoms with Gasteiger partial charge >= 0.3 is 0 Å². The maximum atomic E-state index is 12.8. The molecule has 3 aromatic rings. The summed E-state index contributed by atoms with van der Waals surface area (Å²) >= 11 is 0. The fourth-order valence-electron chi connectivity index (χ4n) is 2.75. The molecular weight excluding hydrogens is 266 g/mol. The zero-order valence-corrected chi connectivity index (χ0v) is 11.5. The number of hydrogen-bond donors (Lipinski definition) is 1. The van der Waals surface area contributed by atoms with Crippen LogP contribution in [0.5, 0.6) is 11.5 Å². The molecule has 4 heteroatoms. The smallest absolute Gasteiger partial charge is 0.231 e. The lowest BCUT2D eigenvalue weighted by molar-refractivity contribution is 0.103. The van der Waals surface area contributed by atoms with Gasteiger partial charge in [0.25, 0.3) is 0 Å². The van der Waals surface area contributed by atoms with Crippen LogP contribution in [0.1, 0.15) is 21.6 Å². The number of fused-ring (bicyclic) bond motifs is 2. The summed E-state index contributed by atoms with van der Waals surface area (Å²) in [5.41, 5.74) is 3.16. The van der Waals surface area contributed by atoms with Crippen LogP contribution in [0.25, 0.3) is 10.9 Å². The van der Waals surface area contributed by atoms with Gasteiger partial charge in [-0.25, -0.2) is 0 Å². The van der Waals surface area contributed by atoms with Crippen molar-refractivity contribution in [3.63, 3.8) is 0 Å². The quantitative estimate of drug-likeness (QED) is 0.731. The molecule has 1 aromatic heterocycles. The van der Waals surface area contributed by atoms with E-state index in [1.165, 1.54) is 0 Å². The van der Waals surface area contributed by atoms with Gasteiger partial charge in [0, 0.05) is 22.2 Å². The van der Waals surface area contributed by atoms with Gasteiger partial charge < -0.3 is 14.5 Å². The number of ketones is 1. The lowest BCUT2D eigenvalue weighted by atomic mass is 10.00. The second-order valence-corrected chi connectivity index (χ2v) is 5.07. The topological polar surface area (TPSA) is 51.3 Å². The van der Waals surface area contributed by atoms with Crippen LogP contribution in [0, 0.1) is 6.92 Å². The Balaban J connectivity index is 1.85. The molecular formula is C17H13NO3. The minimum absolute atomic E-state index is 0.0109. The van der Waals surface area contributed by atoms with E-state index in [0.29, 0.717) is 22.6 Å². The highest BCUT2D eigenvalue weighted by Gasteiger charge is 2.20. The minimum Gasteiger partial charge on any atom is -0.454 e. The predicted molar refractivity (Wildman–Crippen MR) is 79.0 cm³/mol. The largest absolute Gasteiger partial charge is 0.454 e. The number of aryl methyl sites for hydroxylation is 1. The number of carbonyl (C=O) groups excluding carboxylic acids is 1. The Morgan fingerprint density at radius 3 is 2.81 bits per heavy atom. The molecule has 0 atom stereocenters. The van der Waals surface area contributed by atoms with Crippen molar-refractivity contribution >= 4 is 16.7 Å². The molecule has 0 radical (unpaired) electrons. The van der Waals surface area contributed by atoms with Crippen LogP contribution in [0.2, 0.25) is 0 Å². The molecule has 0 spiro atoms. The van der Waals surface area contributed by atoms with Crippen molar-refractivity contribution in [2.24, 2.45) is 0 Å². The van der Waals surface area contributed by atoms with Gasteiger partial charge in [0.1, 0.15) is 0 Å². The van der Waals surface area contributed by atoms with E-state index in [-0.39, 0.29) is 12.6 Å². The molecule has 0 amide bonds. The molecule has 0 saturated heterocycles. The maximum absolute atomic E-state index is 12.8. The van der Waals surface area contributed by atoms with Gasteiger partial charge in [0.2, 0.25) is 6.79 Å². The average Bonchev–Trinajstić information content (AvgIpc) is 3.08. The summed E-state index contributed by atoms with van der Waals surface area (Å²) in [5.74, 6) is 1.30. The van der Waals surface area contributed by atoms with Crippen molar-refractivity contribution in [3.8, 4) is 11.5 Å². The molecule has 0 bridgehead atoms. The lowest BCUT2D eigenvalue weighted by Gasteiger charge is -2.03. The number of H-pyrrole nitrogens is 1. The van der Waals surface area contributed by atoms with Crippen LogP contribution in [0.3, 0.4) is 0 Å². The van der Waals surface area contributed by atoms with E-state index in [2.05, 4.69) is 4.98 Å². The molecule has 0 aliphatic carbocycles. The fourth-order valence-corrected chi connectivity index (χ4v) is 2.75. The van der Waals surface area contributed by atoms with Gasteiger partial charge in [-0.1, -0.05) is 18.2 Å². The first kappa shape index (κ1) is 12.0. The number of carbonyl (C=O) groups is 1. The van der Waals surface area contributed by atoms with Gasteiger partial charge in [-0.05, 0) is 31.2 Å². The number of nitrogens with one attached hydrogen (secondary N) is 1. The number of benzene rings is 2. The van der Waals surface area contributed by atoms with Crippen LogP contribution < -0.4 is 9.47 Å². The second-order valence-electron chi connectivity index (χ2n) is 5.07. The Hall–Kier alpha value is -2.75. The van der Waals surface area contributed by atoms with E-state index in [1.807, 2.05) is 31.2 Å². The van der Waals surface area contributed by atoms with Gasteiger partial charge in [0.15, 0.2) is 17.3 Å². The molecule has 0 saturated carbocycles. The summed E-state index contributed by atoms with van der Waals surface area (Å²) < 4.78 is 10.6. The first-order valence-corrected chi connectivity index (χ1v) is 6.76. The van der Waals surface area contributed by atoms with Gasteiger partial charge in [-0.2, -0.15) is 0 Å². The SMILES string of the molecule is Cc1[nH]c2ccccc2c1C(=O)c1ccc2c(c1)OCO2. The highest BCUT2D eigenvalue weighted by Crippen LogP contribution is 2.34. The Kier molecular flexibility index (Phi) is 2.51. The first-order valence-electron chi connectivity index (χ1n) is 6.76. The molecule has 2 heterocycles.